The molecule has 1 aliphatic rings. The molecule has 0 aromatic heterocycles. The van der Waals surface area contributed by atoms with E-state index in [-0.39, 0.29) is 18.0 Å². The van der Waals surface area contributed by atoms with Crippen molar-refractivity contribution >= 4 is 29.4 Å². The maximum atomic E-state index is 12.4. The Bertz CT molecular complexity index is 542. The zero-order valence-corrected chi connectivity index (χ0v) is 14.4. The van der Waals surface area contributed by atoms with E-state index < -0.39 is 6.03 Å². The Morgan fingerprint density at radius 2 is 1.87 bits per heavy atom. The molecule has 1 atom stereocenters. The van der Waals surface area contributed by atoms with Crippen LogP contribution in [0.1, 0.15) is 19.8 Å². The molecule has 126 valence electrons. The molecule has 6 nitrogen and oxygen atoms in total. The number of benzene rings is 1. The first-order valence-corrected chi connectivity index (χ1v) is 8.97. The van der Waals surface area contributed by atoms with E-state index in [1.165, 1.54) is 4.90 Å². The van der Waals surface area contributed by atoms with Gasteiger partial charge in [-0.1, -0.05) is 0 Å². The van der Waals surface area contributed by atoms with Gasteiger partial charge in [0.15, 0.2) is 0 Å². The quantitative estimate of drug-likeness (QED) is 0.716. The Labute approximate surface area is 141 Å². The van der Waals surface area contributed by atoms with Gasteiger partial charge in [-0.05, 0) is 50.3 Å². The van der Waals surface area contributed by atoms with E-state index in [1.807, 2.05) is 37.4 Å². The van der Waals surface area contributed by atoms with E-state index in [4.69, 9.17) is 5.73 Å². The number of piperidine rings is 1. The summed E-state index contributed by atoms with van der Waals surface area (Å²) in [6.45, 7) is 3.45. The Morgan fingerprint density at radius 3 is 2.39 bits per heavy atom. The van der Waals surface area contributed by atoms with Crippen molar-refractivity contribution in [3.8, 4) is 0 Å². The van der Waals surface area contributed by atoms with Crippen molar-refractivity contribution in [3.05, 3.63) is 24.3 Å². The van der Waals surface area contributed by atoms with Gasteiger partial charge in [0.1, 0.15) is 0 Å². The van der Waals surface area contributed by atoms with Crippen molar-refractivity contribution in [1.82, 2.24) is 10.2 Å². The van der Waals surface area contributed by atoms with Crippen molar-refractivity contribution in [3.63, 3.8) is 0 Å². The normalized spacial score (nSPS) is 17.5. The van der Waals surface area contributed by atoms with E-state index in [1.54, 1.807) is 11.8 Å². The highest BCUT2D eigenvalue weighted by molar-refractivity contribution is 7.98. The fraction of sp³-hybridized carbons (Fsp3) is 0.500. The van der Waals surface area contributed by atoms with Gasteiger partial charge in [-0.15, -0.1) is 11.8 Å². The van der Waals surface area contributed by atoms with Crippen LogP contribution in [0.4, 0.5) is 10.5 Å². The number of amides is 3. The number of likely N-dealkylation sites (tertiary alicyclic amines) is 1. The number of urea groups is 1. The van der Waals surface area contributed by atoms with Crippen LogP contribution in [-0.4, -0.2) is 48.3 Å². The number of nitrogens with zero attached hydrogens (tertiary/aromatic N) is 1. The minimum Gasteiger partial charge on any atom is -0.352 e. The fourth-order valence-electron chi connectivity index (χ4n) is 2.72. The van der Waals surface area contributed by atoms with E-state index in [9.17, 15) is 9.59 Å². The molecule has 0 saturated carbocycles. The zero-order chi connectivity index (χ0) is 16.8. The van der Waals surface area contributed by atoms with Crippen LogP contribution in [0.15, 0.2) is 29.2 Å². The summed E-state index contributed by atoms with van der Waals surface area (Å²) in [6, 6.07) is 7.24. The molecule has 0 spiro atoms. The summed E-state index contributed by atoms with van der Waals surface area (Å²) in [7, 11) is 0. The second kappa shape index (κ2) is 8.21. The lowest BCUT2D eigenvalue weighted by Gasteiger charge is -2.35. The number of hydrogen-bond donors (Lipinski definition) is 3. The molecule has 4 N–H and O–H groups in total. The van der Waals surface area contributed by atoms with E-state index >= 15 is 0 Å². The molecule has 1 aromatic carbocycles. The average Bonchev–Trinajstić information content (AvgIpc) is 2.55. The first-order chi connectivity index (χ1) is 11.0. The molecular weight excluding hydrogens is 312 g/mol. The SMILES string of the molecule is CSc1ccc(NC(=O)[C@H](C)N2CCC(NC(N)=O)CC2)cc1. The number of carbonyl (C=O) groups excluding carboxylic acids is 2. The van der Waals surface area contributed by atoms with Crippen LogP contribution in [0.2, 0.25) is 0 Å². The minimum absolute atomic E-state index is 0.0109. The number of nitrogens with one attached hydrogen (secondary N) is 2. The summed E-state index contributed by atoms with van der Waals surface area (Å²) >= 11 is 1.67. The summed E-state index contributed by atoms with van der Waals surface area (Å²) in [5.41, 5.74) is 5.95. The van der Waals surface area contributed by atoms with Crippen LogP contribution >= 0.6 is 11.8 Å². The highest BCUT2D eigenvalue weighted by Gasteiger charge is 2.27. The van der Waals surface area contributed by atoms with Crippen LogP contribution < -0.4 is 16.4 Å². The molecule has 1 saturated heterocycles. The number of primary amides is 1. The number of rotatable bonds is 5. The molecule has 2 rings (SSSR count). The maximum absolute atomic E-state index is 12.4. The van der Waals surface area contributed by atoms with Gasteiger partial charge >= 0.3 is 6.03 Å². The van der Waals surface area contributed by atoms with Gasteiger partial charge in [-0.2, -0.15) is 0 Å². The highest BCUT2D eigenvalue weighted by Crippen LogP contribution is 2.19. The van der Waals surface area contributed by atoms with Crippen LogP contribution in [0.3, 0.4) is 0 Å². The smallest absolute Gasteiger partial charge is 0.312 e. The largest absolute Gasteiger partial charge is 0.352 e. The Kier molecular flexibility index (Phi) is 6.29. The van der Waals surface area contributed by atoms with Gasteiger partial charge in [0.25, 0.3) is 0 Å². The average molecular weight is 336 g/mol. The molecule has 23 heavy (non-hydrogen) atoms. The predicted molar refractivity (Wildman–Crippen MR) is 93.6 cm³/mol. The summed E-state index contributed by atoms with van der Waals surface area (Å²) in [4.78, 5) is 26.5. The maximum Gasteiger partial charge on any atom is 0.312 e. The van der Waals surface area contributed by atoms with Crippen LogP contribution in [-0.2, 0) is 4.79 Å². The van der Waals surface area contributed by atoms with Crippen molar-refractivity contribution in [2.45, 2.75) is 36.7 Å². The Morgan fingerprint density at radius 1 is 1.26 bits per heavy atom. The first-order valence-electron chi connectivity index (χ1n) is 7.74. The lowest BCUT2D eigenvalue weighted by atomic mass is 10.0. The monoisotopic (exact) mass is 336 g/mol. The van der Waals surface area contributed by atoms with Crippen LogP contribution in [0.25, 0.3) is 0 Å². The zero-order valence-electron chi connectivity index (χ0n) is 13.5. The lowest BCUT2D eigenvalue weighted by molar-refractivity contribution is -0.121. The number of nitrogens with two attached hydrogens (primary N) is 1. The number of anilines is 1. The van der Waals surface area contributed by atoms with E-state index in [0.717, 1.165) is 31.6 Å². The molecule has 1 aliphatic heterocycles. The molecule has 7 heteroatoms. The summed E-state index contributed by atoms with van der Waals surface area (Å²) in [6.07, 6.45) is 3.64. The fourth-order valence-corrected chi connectivity index (χ4v) is 3.13. The Hall–Kier alpha value is -1.73. The third kappa shape index (κ3) is 5.14. The molecule has 3 amide bonds. The van der Waals surface area contributed by atoms with Crippen molar-refractivity contribution in [2.24, 2.45) is 5.73 Å². The minimum atomic E-state index is -0.483. The third-order valence-corrected chi connectivity index (χ3v) is 4.90. The molecule has 1 heterocycles. The van der Waals surface area contributed by atoms with Gasteiger partial charge in [0, 0.05) is 29.7 Å². The van der Waals surface area contributed by atoms with Gasteiger partial charge in [-0.3, -0.25) is 9.69 Å². The Balaban J connectivity index is 1.84. The van der Waals surface area contributed by atoms with Crippen molar-refractivity contribution < 1.29 is 9.59 Å². The van der Waals surface area contributed by atoms with Gasteiger partial charge in [0.05, 0.1) is 6.04 Å². The number of carbonyl (C=O) groups is 2. The summed E-state index contributed by atoms with van der Waals surface area (Å²) < 4.78 is 0. The second-order valence-electron chi connectivity index (χ2n) is 5.71. The van der Waals surface area contributed by atoms with Gasteiger partial charge < -0.3 is 16.4 Å². The predicted octanol–water partition coefficient (Wildman–Crippen LogP) is 1.87. The van der Waals surface area contributed by atoms with Crippen LogP contribution in [0.5, 0.6) is 0 Å². The summed E-state index contributed by atoms with van der Waals surface area (Å²) in [5.74, 6) is -0.0109. The highest BCUT2D eigenvalue weighted by atomic mass is 32.2. The first kappa shape index (κ1) is 17.6. The topological polar surface area (TPSA) is 87.5 Å². The number of hydrogen-bond acceptors (Lipinski definition) is 4. The molecule has 0 aliphatic carbocycles. The second-order valence-corrected chi connectivity index (χ2v) is 6.59. The third-order valence-electron chi connectivity index (χ3n) is 4.16. The molecule has 0 unspecified atom stereocenters. The molecule has 0 radical (unpaired) electrons. The van der Waals surface area contributed by atoms with E-state index in [0.29, 0.717) is 0 Å². The standard InChI is InChI=1S/C16H24N4O2S/c1-11(20-9-7-13(8-10-20)19-16(17)22)15(21)18-12-3-5-14(23-2)6-4-12/h3-6,11,13H,7-10H2,1-2H3,(H,18,21)(H3,17,19,22)/t11-/m0/s1. The summed E-state index contributed by atoms with van der Waals surface area (Å²) in [5, 5.41) is 5.68. The van der Waals surface area contributed by atoms with Gasteiger partial charge in [0.2, 0.25) is 5.91 Å². The number of thioether (sulfide) groups is 1. The lowest BCUT2D eigenvalue weighted by Crippen LogP contribution is -2.51. The van der Waals surface area contributed by atoms with Gasteiger partial charge in [-0.25, -0.2) is 4.79 Å². The van der Waals surface area contributed by atoms with E-state index in [2.05, 4.69) is 15.5 Å². The van der Waals surface area contributed by atoms with Crippen LogP contribution in [0, 0.1) is 0 Å². The molecule has 1 fully saturated rings. The van der Waals surface area contributed by atoms with Crippen molar-refractivity contribution in [2.75, 3.05) is 24.7 Å². The van der Waals surface area contributed by atoms with Crippen molar-refractivity contribution in [1.29, 1.82) is 0 Å². The molecular formula is C16H24N4O2S. The molecule has 0 bridgehead atoms. The molecule has 1 aromatic rings.